The van der Waals surface area contributed by atoms with Crippen LogP contribution >= 0.6 is 27.5 Å². The number of carbonyl (C=O) groups is 1. The van der Waals surface area contributed by atoms with Gasteiger partial charge < -0.3 is 9.47 Å². The van der Waals surface area contributed by atoms with Gasteiger partial charge in [0.25, 0.3) is 0 Å². The van der Waals surface area contributed by atoms with Gasteiger partial charge in [-0.05, 0) is 31.4 Å². The highest BCUT2D eigenvalue weighted by Crippen LogP contribution is 2.28. The molecule has 0 saturated carbocycles. The number of allylic oxidation sites excluding steroid dienone is 2. The smallest absolute Gasteiger partial charge is 0.303 e. The molecule has 122 valence electrons. The van der Waals surface area contributed by atoms with Crippen LogP contribution in [0.2, 0.25) is 0 Å². The minimum atomic E-state index is -0.317. The van der Waals surface area contributed by atoms with Crippen LogP contribution < -0.4 is 0 Å². The Labute approximate surface area is 146 Å². The molecular weight excluding hydrogens is 368 g/mol. The maximum Gasteiger partial charge on any atom is 0.303 e. The number of carbonyl (C=O) groups excluding carboxylic acids is 1. The van der Waals surface area contributed by atoms with Crippen LogP contribution in [0.25, 0.3) is 0 Å². The van der Waals surface area contributed by atoms with Crippen LogP contribution in [-0.4, -0.2) is 34.5 Å². The number of hydrogen-bond acceptors (Lipinski definition) is 3. The van der Waals surface area contributed by atoms with Crippen molar-refractivity contribution in [3.05, 3.63) is 24.3 Å². The molecule has 0 amide bonds. The van der Waals surface area contributed by atoms with Gasteiger partial charge >= 0.3 is 5.97 Å². The lowest BCUT2D eigenvalue weighted by atomic mass is 10.0. The van der Waals surface area contributed by atoms with Gasteiger partial charge in [-0.25, -0.2) is 0 Å². The molecule has 0 bridgehead atoms. The summed E-state index contributed by atoms with van der Waals surface area (Å²) in [5.74, 6) is 2.15. The van der Waals surface area contributed by atoms with Crippen LogP contribution in [-0.2, 0) is 14.3 Å². The fourth-order valence-corrected chi connectivity index (χ4v) is 3.14. The number of halogens is 2. The summed E-state index contributed by atoms with van der Waals surface area (Å²) in [6, 6.07) is 0. The van der Waals surface area contributed by atoms with Gasteiger partial charge in [0.2, 0.25) is 0 Å². The fraction of sp³-hybridized carbons (Fsp3) is 0.588. The molecule has 0 aromatic rings. The number of esters is 1. The Bertz CT molecular complexity index is 455. The predicted octanol–water partition coefficient (Wildman–Crippen LogP) is 3.99. The third-order valence-electron chi connectivity index (χ3n) is 3.36. The van der Waals surface area contributed by atoms with Crippen molar-refractivity contribution in [3.8, 4) is 12.3 Å². The molecule has 1 rings (SSSR count). The second-order valence-electron chi connectivity index (χ2n) is 5.15. The van der Waals surface area contributed by atoms with Gasteiger partial charge in [-0.15, -0.1) is 18.0 Å². The van der Waals surface area contributed by atoms with E-state index >= 15 is 0 Å². The van der Waals surface area contributed by atoms with Crippen molar-refractivity contribution in [2.75, 3.05) is 0 Å². The number of terminal acetylenes is 1. The molecule has 1 unspecified atom stereocenters. The average Bonchev–Trinajstić information content (AvgIpc) is 2.46. The first kappa shape index (κ1) is 19.3. The maximum atomic E-state index is 11.2. The molecule has 0 fully saturated rings. The number of ether oxygens (including phenoxy) is 2. The van der Waals surface area contributed by atoms with E-state index in [9.17, 15) is 4.79 Å². The Hall–Kier alpha value is -0.760. The summed E-state index contributed by atoms with van der Waals surface area (Å²) in [6.07, 6.45) is 14.1. The Morgan fingerprint density at radius 2 is 2.36 bits per heavy atom. The van der Waals surface area contributed by atoms with E-state index in [0.29, 0.717) is 12.8 Å². The van der Waals surface area contributed by atoms with Crippen molar-refractivity contribution in [3.63, 3.8) is 0 Å². The van der Waals surface area contributed by atoms with Gasteiger partial charge in [-0.1, -0.05) is 40.9 Å². The lowest BCUT2D eigenvalue weighted by Crippen LogP contribution is -2.37. The van der Waals surface area contributed by atoms with E-state index in [-0.39, 0.29) is 34.5 Å². The third-order valence-corrected chi connectivity index (χ3v) is 4.72. The topological polar surface area (TPSA) is 35.5 Å². The minimum absolute atomic E-state index is 0.0408. The normalized spacial score (nSPS) is 30.3. The van der Waals surface area contributed by atoms with Gasteiger partial charge in [-0.3, -0.25) is 4.79 Å². The molecule has 0 N–H and O–H groups in total. The van der Waals surface area contributed by atoms with Crippen molar-refractivity contribution in [1.82, 2.24) is 0 Å². The first-order valence-electron chi connectivity index (χ1n) is 7.38. The zero-order valence-corrected chi connectivity index (χ0v) is 15.2. The number of alkyl halides is 2. The second-order valence-corrected chi connectivity index (χ2v) is 6.89. The van der Waals surface area contributed by atoms with E-state index in [0.717, 1.165) is 6.42 Å². The molecule has 5 heteroatoms. The summed E-state index contributed by atoms with van der Waals surface area (Å²) in [4.78, 5) is 11.2. The summed E-state index contributed by atoms with van der Waals surface area (Å²) >= 11 is 10.0. The van der Waals surface area contributed by atoms with E-state index in [4.69, 9.17) is 27.5 Å². The first-order valence-corrected chi connectivity index (χ1v) is 8.73. The molecule has 1 aliphatic rings. The van der Waals surface area contributed by atoms with Gasteiger partial charge in [0.15, 0.2) is 0 Å². The van der Waals surface area contributed by atoms with Gasteiger partial charge in [-0.2, -0.15) is 0 Å². The van der Waals surface area contributed by atoms with E-state index in [1.807, 2.05) is 25.2 Å². The van der Waals surface area contributed by atoms with Gasteiger partial charge in [0, 0.05) is 6.92 Å². The highest BCUT2D eigenvalue weighted by molar-refractivity contribution is 9.09. The monoisotopic (exact) mass is 388 g/mol. The fourth-order valence-electron chi connectivity index (χ4n) is 2.22. The van der Waals surface area contributed by atoms with Crippen LogP contribution in [0.5, 0.6) is 0 Å². The minimum Gasteiger partial charge on any atom is -0.457 e. The molecule has 1 aliphatic heterocycles. The lowest BCUT2D eigenvalue weighted by molar-refractivity contribution is -0.144. The SMILES string of the molecule is C#C/C=C\CC(Cl)[C@H]1C[C@@H](Br)[C@H](OC(C)=O)C=C[C@@H](CC)O1. The molecule has 0 spiro atoms. The van der Waals surface area contributed by atoms with Gasteiger partial charge in [0.05, 0.1) is 22.4 Å². The summed E-state index contributed by atoms with van der Waals surface area (Å²) in [6.45, 7) is 3.45. The molecule has 1 heterocycles. The number of rotatable bonds is 5. The zero-order valence-electron chi connectivity index (χ0n) is 12.9. The van der Waals surface area contributed by atoms with Crippen molar-refractivity contribution >= 4 is 33.5 Å². The third kappa shape index (κ3) is 6.56. The lowest BCUT2D eigenvalue weighted by Gasteiger charge is -2.32. The van der Waals surface area contributed by atoms with E-state index < -0.39 is 0 Å². The molecule has 0 radical (unpaired) electrons. The van der Waals surface area contributed by atoms with Crippen LogP contribution in [0.15, 0.2) is 24.3 Å². The molecule has 0 aromatic heterocycles. The largest absolute Gasteiger partial charge is 0.457 e. The summed E-state index contributed by atoms with van der Waals surface area (Å²) in [5.41, 5.74) is 0. The van der Waals surface area contributed by atoms with Crippen molar-refractivity contribution in [2.45, 2.75) is 61.6 Å². The van der Waals surface area contributed by atoms with Crippen LogP contribution in [0.1, 0.15) is 33.1 Å². The molecule has 0 saturated heterocycles. The Balaban J connectivity index is 2.83. The maximum absolute atomic E-state index is 11.2. The quantitative estimate of drug-likeness (QED) is 0.309. The number of hydrogen-bond donors (Lipinski definition) is 0. The van der Waals surface area contributed by atoms with Crippen LogP contribution in [0.3, 0.4) is 0 Å². The van der Waals surface area contributed by atoms with Gasteiger partial charge in [0.1, 0.15) is 6.10 Å². The van der Waals surface area contributed by atoms with Crippen molar-refractivity contribution in [2.24, 2.45) is 0 Å². The average molecular weight is 390 g/mol. The van der Waals surface area contributed by atoms with Crippen molar-refractivity contribution in [1.29, 1.82) is 0 Å². The standard InChI is InChI=1S/C17H22BrClO3/c1-4-6-7-8-15(19)17-11-14(18)16(21-12(3)20)10-9-13(5-2)22-17/h1,6-7,9-10,13-17H,5,8,11H2,2-3H3/b7-6-,10-9?/t13-,14-,15?,16-,17-/m1/s1. The Morgan fingerprint density at radius 1 is 1.64 bits per heavy atom. The summed E-state index contributed by atoms with van der Waals surface area (Å²) in [7, 11) is 0. The van der Waals surface area contributed by atoms with E-state index in [1.54, 1.807) is 6.08 Å². The summed E-state index contributed by atoms with van der Waals surface area (Å²) in [5, 5.41) is -0.192. The molecule has 5 atom stereocenters. The van der Waals surface area contributed by atoms with Crippen LogP contribution in [0, 0.1) is 12.3 Å². The molecule has 0 aliphatic carbocycles. The Kier molecular flexibility index (Phi) is 8.85. The zero-order chi connectivity index (χ0) is 16.5. The predicted molar refractivity (Wildman–Crippen MR) is 93.2 cm³/mol. The molecular formula is C17H22BrClO3. The molecule has 22 heavy (non-hydrogen) atoms. The summed E-state index contributed by atoms with van der Waals surface area (Å²) < 4.78 is 11.4. The highest BCUT2D eigenvalue weighted by Gasteiger charge is 2.31. The molecule has 3 nitrogen and oxygen atoms in total. The first-order chi connectivity index (χ1) is 10.5. The second kappa shape index (κ2) is 10.1. The van der Waals surface area contributed by atoms with Crippen molar-refractivity contribution < 1.29 is 14.3 Å². The van der Waals surface area contributed by atoms with Crippen LogP contribution in [0.4, 0.5) is 0 Å². The van der Waals surface area contributed by atoms with E-state index in [2.05, 4.69) is 21.9 Å². The van der Waals surface area contributed by atoms with E-state index in [1.165, 1.54) is 6.92 Å². The Morgan fingerprint density at radius 3 is 2.95 bits per heavy atom. The highest BCUT2D eigenvalue weighted by atomic mass is 79.9. The molecule has 0 aromatic carbocycles.